The second-order valence-electron chi connectivity index (χ2n) is 4.99. The average Bonchev–Trinajstić information content (AvgIpc) is 2.39. The van der Waals surface area contributed by atoms with Crippen molar-refractivity contribution in [3.63, 3.8) is 0 Å². The molecule has 6 heteroatoms. The summed E-state index contributed by atoms with van der Waals surface area (Å²) in [5, 5.41) is 0.214. The van der Waals surface area contributed by atoms with Gasteiger partial charge in [0.2, 0.25) is 10.0 Å². The first-order valence-electron chi connectivity index (χ1n) is 6.66. The molecule has 2 unspecified atom stereocenters. The number of hydrogen-bond donors (Lipinski definition) is 1. The quantitative estimate of drug-likeness (QED) is 0.930. The first kappa shape index (κ1) is 14.8. The van der Waals surface area contributed by atoms with Crippen LogP contribution in [0.1, 0.15) is 39.0 Å². The maximum Gasteiger partial charge on any atom is 0.243 e. The smallest absolute Gasteiger partial charge is 0.243 e. The highest BCUT2D eigenvalue weighted by atomic mass is 35.5. The Hall–Kier alpha value is -0.650. The second-order valence-corrected chi connectivity index (χ2v) is 7.08. The number of hydrogen-bond acceptors (Lipinski definition) is 3. The van der Waals surface area contributed by atoms with Gasteiger partial charge in [-0.05, 0) is 24.8 Å². The normalized spacial score (nSPS) is 24.3. The van der Waals surface area contributed by atoms with Crippen LogP contribution in [0.25, 0.3) is 0 Å². The monoisotopic (exact) mass is 302 g/mol. The molecule has 2 atom stereocenters. The molecule has 1 aliphatic carbocycles. The van der Waals surface area contributed by atoms with Crippen LogP contribution in [0.5, 0.6) is 0 Å². The van der Waals surface area contributed by atoms with Crippen LogP contribution in [-0.2, 0) is 10.0 Å². The Bertz CT molecular complexity index is 533. The first-order valence-corrected chi connectivity index (χ1v) is 8.52. The van der Waals surface area contributed by atoms with E-state index in [1.54, 1.807) is 0 Å². The molecule has 106 valence electrons. The zero-order chi connectivity index (χ0) is 13.9. The zero-order valence-corrected chi connectivity index (χ0v) is 12.5. The average molecular weight is 303 g/mol. The third-order valence-corrected chi connectivity index (χ3v) is 5.72. The molecular weight excluding hydrogens is 284 g/mol. The number of halogens is 1. The Labute approximate surface area is 119 Å². The van der Waals surface area contributed by atoms with E-state index >= 15 is 0 Å². The van der Waals surface area contributed by atoms with Crippen molar-refractivity contribution in [1.29, 1.82) is 0 Å². The van der Waals surface area contributed by atoms with Crippen LogP contribution in [-0.4, -0.2) is 19.4 Å². The lowest BCUT2D eigenvalue weighted by atomic mass is 9.83. The second kappa shape index (κ2) is 6.20. The molecule has 2 rings (SSSR count). The summed E-state index contributed by atoms with van der Waals surface area (Å²) in [7, 11) is -3.58. The lowest BCUT2D eigenvalue weighted by molar-refractivity contribution is 0.282. The van der Waals surface area contributed by atoms with Crippen LogP contribution in [0, 0.1) is 5.92 Å². The number of rotatable bonds is 4. The number of nitrogens with one attached hydrogen (secondary N) is 1. The largest absolute Gasteiger partial charge is 0.263 e. The van der Waals surface area contributed by atoms with E-state index in [1.165, 1.54) is 24.9 Å². The van der Waals surface area contributed by atoms with Crippen LogP contribution < -0.4 is 4.72 Å². The summed E-state index contributed by atoms with van der Waals surface area (Å²) < 4.78 is 27.5. The molecule has 0 spiro atoms. The first-order chi connectivity index (χ1) is 9.04. The molecule has 1 fully saturated rings. The van der Waals surface area contributed by atoms with Gasteiger partial charge in [-0.1, -0.05) is 37.8 Å². The molecule has 0 radical (unpaired) electrons. The fraction of sp³-hybridized carbons (Fsp3) is 0.615. The maximum absolute atomic E-state index is 12.3. The molecule has 0 bridgehead atoms. The van der Waals surface area contributed by atoms with Gasteiger partial charge in [0.25, 0.3) is 0 Å². The maximum atomic E-state index is 12.3. The molecule has 1 aromatic heterocycles. The van der Waals surface area contributed by atoms with Gasteiger partial charge in [0.15, 0.2) is 0 Å². The number of sulfonamides is 1. The van der Waals surface area contributed by atoms with E-state index in [4.69, 9.17) is 11.6 Å². The number of nitrogens with zero attached hydrogens (tertiary/aromatic N) is 1. The van der Waals surface area contributed by atoms with E-state index in [0.717, 1.165) is 25.7 Å². The minimum Gasteiger partial charge on any atom is -0.263 e. The minimum atomic E-state index is -3.58. The van der Waals surface area contributed by atoms with Crippen molar-refractivity contribution in [1.82, 2.24) is 9.71 Å². The predicted molar refractivity (Wildman–Crippen MR) is 75.6 cm³/mol. The van der Waals surface area contributed by atoms with Gasteiger partial charge in [0.05, 0.1) is 5.02 Å². The SMILES string of the molecule is CCC1CCCCC1NS(=O)(=O)c1cnccc1Cl. The molecule has 1 aliphatic rings. The van der Waals surface area contributed by atoms with E-state index in [9.17, 15) is 8.42 Å². The van der Waals surface area contributed by atoms with Crippen LogP contribution in [0.4, 0.5) is 0 Å². The van der Waals surface area contributed by atoms with E-state index in [0.29, 0.717) is 5.92 Å². The minimum absolute atomic E-state index is 0.0139. The Balaban J connectivity index is 2.19. The van der Waals surface area contributed by atoms with Gasteiger partial charge in [-0.25, -0.2) is 13.1 Å². The van der Waals surface area contributed by atoms with Gasteiger partial charge in [0, 0.05) is 18.4 Å². The summed E-state index contributed by atoms with van der Waals surface area (Å²) in [4.78, 5) is 3.91. The van der Waals surface area contributed by atoms with Gasteiger partial charge in [0.1, 0.15) is 4.90 Å². The van der Waals surface area contributed by atoms with Gasteiger partial charge in [-0.3, -0.25) is 4.98 Å². The van der Waals surface area contributed by atoms with Gasteiger partial charge < -0.3 is 0 Å². The van der Waals surface area contributed by atoms with Crippen molar-refractivity contribution >= 4 is 21.6 Å². The Kier molecular flexibility index (Phi) is 4.81. The molecular formula is C13H19ClN2O2S. The highest BCUT2D eigenvalue weighted by Crippen LogP contribution is 2.29. The summed E-state index contributed by atoms with van der Waals surface area (Å²) in [6, 6.07) is 1.51. The van der Waals surface area contributed by atoms with Crippen molar-refractivity contribution in [2.45, 2.75) is 50.0 Å². The molecule has 0 amide bonds. The number of aromatic nitrogens is 1. The number of pyridine rings is 1. The van der Waals surface area contributed by atoms with E-state index in [2.05, 4.69) is 16.6 Å². The molecule has 1 saturated carbocycles. The highest BCUT2D eigenvalue weighted by Gasteiger charge is 2.29. The van der Waals surface area contributed by atoms with Crippen molar-refractivity contribution in [2.75, 3.05) is 0 Å². The molecule has 1 heterocycles. The molecule has 19 heavy (non-hydrogen) atoms. The van der Waals surface area contributed by atoms with Crippen LogP contribution in [0.15, 0.2) is 23.4 Å². The Morgan fingerprint density at radius 1 is 1.42 bits per heavy atom. The molecule has 1 N–H and O–H groups in total. The summed E-state index contributed by atoms with van der Waals surface area (Å²) in [5.74, 6) is 0.416. The summed E-state index contributed by atoms with van der Waals surface area (Å²) in [5.41, 5.74) is 0. The lowest BCUT2D eigenvalue weighted by Gasteiger charge is -2.31. The lowest BCUT2D eigenvalue weighted by Crippen LogP contribution is -2.41. The summed E-state index contributed by atoms with van der Waals surface area (Å²) in [6.07, 6.45) is 8.02. The zero-order valence-electron chi connectivity index (χ0n) is 11.0. The summed E-state index contributed by atoms with van der Waals surface area (Å²) in [6.45, 7) is 2.11. The Morgan fingerprint density at radius 2 is 2.16 bits per heavy atom. The van der Waals surface area contributed by atoms with E-state index in [-0.39, 0.29) is 16.0 Å². The third kappa shape index (κ3) is 3.46. The van der Waals surface area contributed by atoms with Crippen molar-refractivity contribution in [2.24, 2.45) is 5.92 Å². The summed E-state index contributed by atoms with van der Waals surface area (Å²) >= 11 is 5.94. The van der Waals surface area contributed by atoms with Gasteiger partial charge in [-0.15, -0.1) is 0 Å². The van der Waals surface area contributed by atoms with Crippen molar-refractivity contribution < 1.29 is 8.42 Å². The fourth-order valence-corrected chi connectivity index (χ4v) is 4.45. The van der Waals surface area contributed by atoms with E-state index < -0.39 is 10.0 Å². The van der Waals surface area contributed by atoms with Crippen molar-refractivity contribution in [3.8, 4) is 0 Å². The van der Waals surface area contributed by atoms with Crippen LogP contribution in [0.3, 0.4) is 0 Å². The molecule has 0 aromatic carbocycles. The standard InChI is InChI=1S/C13H19ClN2O2S/c1-2-10-5-3-4-6-12(10)16-19(17,18)13-9-15-8-7-11(13)14/h7-10,12,16H,2-6H2,1H3. The van der Waals surface area contributed by atoms with Crippen LogP contribution >= 0.6 is 11.6 Å². The molecule has 0 saturated heterocycles. The molecule has 0 aliphatic heterocycles. The van der Waals surface area contributed by atoms with Crippen LogP contribution in [0.2, 0.25) is 5.02 Å². The van der Waals surface area contributed by atoms with Gasteiger partial charge in [-0.2, -0.15) is 0 Å². The topological polar surface area (TPSA) is 59.1 Å². The van der Waals surface area contributed by atoms with Gasteiger partial charge >= 0.3 is 0 Å². The molecule has 1 aromatic rings. The predicted octanol–water partition coefficient (Wildman–Crippen LogP) is 2.98. The highest BCUT2D eigenvalue weighted by molar-refractivity contribution is 7.89. The van der Waals surface area contributed by atoms with Crippen molar-refractivity contribution in [3.05, 3.63) is 23.5 Å². The molecule has 4 nitrogen and oxygen atoms in total. The Morgan fingerprint density at radius 3 is 2.84 bits per heavy atom. The van der Waals surface area contributed by atoms with E-state index in [1.807, 2.05) is 0 Å². The third-order valence-electron chi connectivity index (χ3n) is 3.76. The fourth-order valence-electron chi connectivity index (χ4n) is 2.67.